The molecule has 1 spiro atoms. The van der Waals surface area contributed by atoms with E-state index in [4.69, 9.17) is 0 Å². The summed E-state index contributed by atoms with van der Waals surface area (Å²) in [6.45, 7) is 0.420. The van der Waals surface area contributed by atoms with Gasteiger partial charge in [-0.15, -0.1) is 0 Å². The van der Waals surface area contributed by atoms with Gasteiger partial charge >= 0.3 is 0 Å². The number of imidazole rings is 1. The van der Waals surface area contributed by atoms with Gasteiger partial charge in [-0.2, -0.15) is 0 Å². The highest BCUT2D eigenvalue weighted by molar-refractivity contribution is 5.85. The number of hydrogen-bond donors (Lipinski definition) is 2. The Hall–Kier alpha value is -2.69. The molecule has 24 heavy (non-hydrogen) atoms. The molecule has 1 amide bonds. The van der Waals surface area contributed by atoms with Gasteiger partial charge in [-0.3, -0.25) is 4.79 Å². The number of carbonyl (C=O) groups excluding carboxylic acids is 1. The molecule has 2 atom stereocenters. The van der Waals surface area contributed by atoms with Crippen LogP contribution < -0.4 is 5.32 Å². The van der Waals surface area contributed by atoms with E-state index in [0.29, 0.717) is 12.2 Å². The van der Waals surface area contributed by atoms with E-state index < -0.39 is 0 Å². The quantitative estimate of drug-likeness (QED) is 0.779. The van der Waals surface area contributed by atoms with E-state index in [1.807, 2.05) is 12.1 Å². The molecule has 1 fully saturated rings. The smallest absolute Gasteiger partial charge is 0.224 e. The molecule has 1 aromatic carbocycles. The normalized spacial score (nSPS) is 24.2. The van der Waals surface area contributed by atoms with Gasteiger partial charge in [0.15, 0.2) is 5.65 Å². The Morgan fingerprint density at radius 1 is 1.29 bits per heavy atom. The Kier molecular flexibility index (Phi) is 2.80. The fraction of sp³-hybridized carbons (Fsp3) is 0.316. The first-order valence-corrected chi connectivity index (χ1v) is 8.42. The summed E-state index contributed by atoms with van der Waals surface area (Å²) in [6, 6.07) is 12.4. The summed E-state index contributed by atoms with van der Waals surface area (Å²) in [5, 5.41) is 3.04. The lowest BCUT2D eigenvalue weighted by Crippen LogP contribution is -2.28. The van der Waals surface area contributed by atoms with Crippen LogP contribution in [0.25, 0.3) is 11.2 Å². The molecule has 5 rings (SSSR count). The number of benzene rings is 1. The van der Waals surface area contributed by atoms with Gasteiger partial charge < -0.3 is 10.3 Å². The van der Waals surface area contributed by atoms with Crippen molar-refractivity contribution in [3.63, 3.8) is 0 Å². The number of nitrogens with zero attached hydrogens (tertiary/aromatic N) is 2. The van der Waals surface area contributed by atoms with Crippen molar-refractivity contribution in [2.24, 2.45) is 5.92 Å². The zero-order chi connectivity index (χ0) is 16.1. The molecule has 0 aliphatic heterocycles. The Morgan fingerprint density at radius 3 is 3.12 bits per heavy atom. The highest BCUT2D eigenvalue weighted by Crippen LogP contribution is 2.61. The second-order valence-electron chi connectivity index (χ2n) is 6.85. The van der Waals surface area contributed by atoms with Crippen molar-refractivity contribution < 1.29 is 4.79 Å². The Balaban J connectivity index is 1.29. The van der Waals surface area contributed by atoms with Crippen molar-refractivity contribution >= 4 is 17.1 Å². The first-order chi connectivity index (χ1) is 11.8. The van der Waals surface area contributed by atoms with E-state index in [9.17, 15) is 4.79 Å². The van der Waals surface area contributed by atoms with Gasteiger partial charge in [0, 0.05) is 17.5 Å². The highest BCUT2D eigenvalue weighted by atomic mass is 16.2. The number of nitrogens with one attached hydrogen (secondary N) is 2. The number of amides is 1. The molecule has 5 heteroatoms. The molecule has 0 radical (unpaired) electrons. The van der Waals surface area contributed by atoms with Crippen LogP contribution in [0.2, 0.25) is 0 Å². The molecule has 120 valence electrons. The van der Waals surface area contributed by atoms with Crippen LogP contribution in [0.5, 0.6) is 0 Å². The van der Waals surface area contributed by atoms with Crippen molar-refractivity contribution in [1.29, 1.82) is 0 Å². The van der Waals surface area contributed by atoms with Crippen LogP contribution in [0.4, 0.5) is 0 Å². The van der Waals surface area contributed by atoms with E-state index >= 15 is 0 Å². The van der Waals surface area contributed by atoms with Gasteiger partial charge in [0.2, 0.25) is 5.91 Å². The second-order valence-corrected chi connectivity index (χ2v) is 6.85. The summed E-state index contributed by atoms with van der Waals surface area (Å²) >= 11 is 0. The second kappa shape index (κ2) is 4.90. The Labute approximate surface area is 139 Å². The van der Waals surface area contributed by atoms with Crippen LogP contribution in [0.3, 0.4) is 0 Å². The van der Waals surface area contributed by atoms with Crippen molar-refractivity contribution in [2.75, 3.05) is 0 Å². The number of pyridine rings is 1. The van der Waals surface area contributed by atoms with Crippen LogP contribution in [0, 0.1) is 5.92 Å². The van der Waals surface area contributed by atoms with Crippen molar-refractivity contribution in [2.45, 2.75) is 31.2 Å². The Morgan fingerprint density at radius 2 is 2.21 bits per heavy atom. The number of aromatic nitrogens is 3. The fourth-order valence-corrected chi connectivity index (χ4v) is 4.21. The molecule has 2 aliphatic rings. The van der Waals surface area contributed by atoms with E-state index in [2.05, 4.69) is 44.5 Å². The average molecular weight is 318 g/mol. The third-order valence-electron chi connectivity index (χ3n) is 5.52. The number of aromatic amines is 1. The molecule has 2 aromatic heterocycles. The number of fused-ring (bicyclic) bond motifs is 3. The molecule has 0 saturated heterocycles. The predicted molar refractivity (Wildman–Crippen MR) is 90.3 cm³/mol. The first-order valence-electron chi connectivity index (χ1n) is 8.42. The highest BCUT2D eigenvalue weighted by Gasteiger charge is 2.61. The number of hydrogen-bond acceptors (Lipinski definition) is 3. The van der Waals surface area contributed by atoms with Gasteiger partial charge in [-0.05, 0) is 42.5 Å². The number of rotatable bonds is 3. The van der Waals surface area contributed by atoms with E-state index in [0.717, 1.165) is 30.6 Å². The minimum absolute atomic E-state index is 0.0934. The topological polar surface area (TPSA) is 70.7 Å². The van der Waals surface area contributed by atoms with Crippen LogP contribution in [0.1, 0.15) is 29.8 Å². The molecule has 3 aromatic rings. The SMILES string of the molecule is O=C(NCc1nc2ncccc2[nH]1)[C@@H]1C[C@]12CCc1ccccc12. The summed E-state index contributed by atoms with van der Waals surface area (Å²) < 4.78 is 0. The maximum atomic E-state index is 12.6. The zero-order valence-electron chi connectivity index (χ0n) is 13.2. The molecule has 5 nitrogen and oxygen atoms in total. The van der Waals surface area contributed by atoms with Gasteiger partial charge in [0.25, 0.3) is 0 Å². The number of carbonyl (C=O) groups is 1. The molecular weight excluding hydrogens is 300 g/mol. The summed E-state index contributed by atoms with van der Waals surface area (Å²) in [5.74, 6) is 0.988. The predicted octanol–water partition coefficient (Wildman–Crippen LogP) is 2.48. The third-order valence-corrected chi connectivity index (χ3v) is 5.52. The van der Waals surface area contributed by atoms with Gasteiger partial charge in [-0.25, -0.2) is 9.97 Å². The summed E-state index contributed by atoms with van der Waals surface area (Å²) in [6.07, 6.45) is 4.88. The summed E-state index contributed by atoms with van der Waals surface area (Å²) in [5.41, 5.74) is 4.48. The first kappa shape index (κ1) is 13.7. The molecule has 0 bridgehead atoms. The van der Waals surface area contributed by atoms with Crippen LogP contribution >= 0.6 is 0 Å². The average Bonchev–Trinajstić information content (AvgIpc) is 3.01. The minimum Gasteiger partial charge on any atom is -0.349 e. The van der Waals surface area contributed by atoms with Gasteiger partial charge in [-0.1, -0.05) is 24.3 Å². The third kappa shape index (κ3) is 1.97. The largest absolute Gasteiger partial charge is 0.349 e. The monoisotopic (exact) mass is 318 g/mol. The van der Waals surface area contributed by atoms with Crippen LogP contribution in [0.15, 0.2) is 42.6 Å². The molecule has 0 unspecified atom stereocenters. The summed E-state index contributed by atoms with van der Waals surface area (Å²) in [7, 11) is 0. The van der Waals surface area contributed by atoms with Crippen molar-refractivity contribution in [1.82, 2.24) is 20.3 Å². The fourth-order valence-electron chi connectivity index (χ4n) is 4.21. The lowest BCUT2D eigenvalue weighted by atomic mass is 9.95. The maximum absolute atomic E-state index is 12.6. The van der Waals surface area contributed by atoms with Gasteiger partial charge in [0.05, 0.1) is 12.1 Å². The van der Waals surface area contributed by atoms with E-state index in [1.54, 1.807) is 6.20 Å². The summed E-state index contributed by atoms with van der Waals surface area (Å²) in [4.78, 5) is 24.4. The number of aryl methyl sites for hydroxylation is 1. The molecule has 2 aliphatic carbocycles. The molecule has 2 heterocycles. The van der Waals surface area contributed by atoms with E-state index in [-0.39, 0.29) is 17.2 Å². The zero-order valence-corrected chi connectivity index (χ0v) is 13.2. The standard InChI is InChI=1S/C19H18N4O/c24-18(21-11-16-22-15-6-3-9-20-17(15)23-16)14-10-19(14)8-7-12-4-1-2-5-13(12)19/h1-6,9,14H,7-8,10-11H2,(H,21,24)(H,20,22,23)/t14-,19-/m0/s1. The molecule has 1 saturated carbocycles. The van der Waals surface area contributed by atoms with Crippen LogP contribution in [-0.2, 0) is 23.2 Å². The van der Waals surface area contributed by atoms with Gasteiger partial charge in [0.1, 0.15) is 5.82 Å². The molecular formula is C19H18N4O. The molecule has 2 N–H and O–H groups in total. The number of H-pyrrole nitrogens is 1. The van der Waals surface area contributed by atoms with Crippen LogP contribution in [-0.4, -0.2) is 20.9 Å². The van der Waals surface area contributed by atoms with E-state index in [1.165, 1.54) is 11.1 Å². The van der Waals surface area contributed by atoms with Crippen molar-refractivity contribution in [3.8, 4) is 0 Å². The maximum Gasteiger partial charge on any atom is 0.224 e. The van der Waals surface area contributed by atoms with Crippen molar-refractivity contribution in [3.05, 3.63) is 59.5 Å². The lowest BCUT2D eigenvalue weighted by molar-refractivity contribution is -0.123. The minimum atomic E-state index is 0.0934. The lowest BCUT2D eigenvalue weighted by Gasteiger charge is -2.11. The Bertz CT molecular complexity index is 914.